The van der Waals surface area contributed by atoms with Crippen LogP contribution in [-0.2, 0) is 14.3 Å². The molecule has 0 radical (unpaired) electrons. The van der Waals surface area contributed by atoms with Gasteiger partial charge in [0, 0.05) is 6.42 Å². The summed E-state index contributed by atoms with van der Waals surface area (Å²) in [6, 6.07) is -0.826. The summed E-state index contributed by atoms with van der Waals surface area (Å²) in [7, 11) is 0. The Bertz CT molecular complexity index is 1060. The van der Waals surface area contributed by atoms with Gasteiger partial charge in [-0.1, -0.05) is 184 Å². The van der Waals surface area contributed by atoms with Gasteiger partial charge in [-0.05, 0) is 64.2 Å². The van der Waals surface area contributed by atoms with E-state index >= 15 is 0 Å². The van der Waals surface area contributed by atoms with Crippen molar-refractivity contribution >= 4 is 5.91 Å². The summed E-state index contributed by atoms with van der Waals surface area (Å²) in [5.74, 6) is -0.196. The van der Waals surface area contributed by atoms with Crippen LogP contribution in [0.3, 0.4) is 0 Å². The van der Waals surface area contributed by atoms with E-state index < -0.39 is 49.5 Å². The highest BCUT2D eigenvalue weighted by molar-refractivity contribution is 5.76. The molecule has 1 aliphatic heterocycles. The van der Waals surface area contributed by atoms with Gasteiger partial charge in [0.1, 0.15) is 24.4 Å². The molecule has 9 nitrogen and oxygen atoms in total. The van der Waals surface area contributed by atoms with E-state index in [1.165, 1.54) is 128 Å². The molecule has 0 aromatic rings. The van der Waals surface area contributed by atoms with E-state index in [9.17, 15) is 30.3 Å². The summed E-state index contributed by atoms with van der Waals surface area (Å²) in [4.78, 5) is 13.0. The smallest absolute Gasteiger partial charge is 0.220 e. The summed E-state index contributed by atoms with van der Waals surface area (Å²) in [5, 5.41) is 54.2. The second kappa shape index (κ2) is 40.2. The summed E-state index contributed by atoms with van der Waals surface area (Å²) in [5.41, 5.74) is 0. The first-order valence-corrected chi connectivity index (χ1v) is 24.4. The number of carbonyl (C=O) groups excluding carboxylic acids is 1. The molecule has 59 heavy (non-hydrogen) atoms. The van der Waals surface area contributed by atoms with Gasteiger partial charge in [0.15, 0.2) is 6.29 Å². The molecule has 344 valence electrons. The molecule has 1 fully saturated rings. The Balaban J connectivity index is 2.37. The molecular formula is C50H91NO8. The minimum Gasteiger partial charge on any atom is -0.394 e. The molecule has 7 atom stereocenters. The van der Waals surface area contributed by atoms with Crippen LogP contribution < -0.4 is 5.32 Å². The first-order valence-electron chi connectivity index (χ1n) is 24.4. The highest BCUT2D eigenvalue weighted by Gasteiger charge is 2.44. The molecular weight excluding hydrogens is 743 g/mol. The standard InChI is InChI=1S/C50H91NO8/c1-3-5-7-9-11-13-15-17-19-21-23-25-27-29-31-33-35-37-39-44(53)43(42-58-50-49(57)48(56)47(55)45(41-52)59-50)51-46(54)40-38-36-34-32-30-28-26-24-22-20-18-16-14-12-10-8-6-4-2/h14,16,20,22,29,31,37,39,43-45,47-50,52-53,55-57H,3-13,15,17-19,21,23-28,30,32-36,38,40-42H2,1-2H3,(H,51,54)/b16-14-,22-20-,31-29+,39-37+. The second-order valence-corrected chi connectivity index (χ2v) is 16.9. The maximum atomic E-state index is 13.0. The summed E-state index contributed by atoms with van der Waals surface area (Å²) in [6.45, 7) is 3.74. The molecule has 0 aliphatic carbocycles. The zero-order valence-electron chi connectivity index (χ0n) is 37.7. The Kier molecular flexibility index (Phi) is 37.6. The highest BCUT2D eigenvalue weighted by Crippen LogP contribution is 2.22. The normalized spacial score (nSPS) is 21.1. The fraction of sp³-hybridized carbons (Fsp3) is 0.820. The number of unbranched alkanes of at least 4 members (excludes halogenated alkanes) is 24. The van der Waals surface area contributed by atoms with Gasteiger partial charge in [-0.25, -0.2) is 0 Å². The van der Waals surface area contributed by atoms with E-state index in [2.05, 4.69) is 55.6 Å². The molecule has 1 rings (SSSR count). The van der Waals surface area contributed by atoms with E-state index in [-0.39, 0.29) is 12.5 Å². The number of aliphatic hydroxyl groups excluding tert-OH is 5. The van der Waals surface area contributed by atoms with Crippen molar-refractivity contribution in [3.05, 3.63) is 48.6 Å². The summed E-state index contributed by atoms with van der Waals surface area (Å²) < 4.78 is 11.2. The van der Waals surface area contributed by atoms with E-state index in [0.29, 0.717) is 6.42 Å². The van der Waals surface area contributed by atoms with Crippen LogP contribution in [0.4, 0.5) is 0 Å². The Hall–Kier alpha value is -1.85. The van der Waals surface area contributed by atoms with Crippen LogP contribution in [-0.4, -0.2) is 87.5 Å². The average Bonchev–Trinajstić information content (AvgIpc) is 3.23. The molecule has 6 N–H and O–H groups in total. The fourth-order valence-corrected chi connectivity index (χ4v) is 7.44. The lowest BCUT2D eigenvalue weighted by Crippen LogP contribution is -2.60. The van der Waals surface area contributed by atoms with Crippen LogP contribution in [0.2, 0.25) is 0 Å². The lowest BCUT2D eigenvalue weighted by molar-refractivity contribution is -0.302. The zero-order valence-corrected chi connectivity index (χ0v) is 37.7. The predicted octanol–water partition coefficient (Wildman–Crippen LogP) is 10.6. The molecule has 1 heterocycles. The van der Waals surface area contributed by atoms with E-state index in [0.717, 1.165) is 57.8 Å². The number of allylic oxidation sites excluding steroid dienone is 7. The van der Waals surface area contributed by atoms with Crippen LogP contribution in [0.15, 0.2) is 48.6 Å². The van der Waals surface area contributed by atoms with Crippen LogP contribution in [0.1, 0.15) is 206 Å². The quantitative estimate of drug-likeness (QED) is 0.0264. The van der Waals surface area contributed by atoms with Crippen LogP contribution >= 0.6 is 0 Å². The van der Waals surface area contributed by atoms with E-state index in [4.69, 9.17) is 9.47 Å². The van der Waals surface area contributed by atoms with E-state index in [1.54, 1.807) is 6.08 Å². The van der Waals surface area contributed by atoms with Crippen molar-refractivity contribution in [1.82, 2.24) is 5.32 Å². The van der Waals surface area contributed by atoms with Gasteiger partial charge in [-0.15, -0.1) is 0 Å². The number of aliphatic hydroxyl groups is 5. The molecule has 9 heteroatoms. The van der Waals surface area contributed by atoms with Gasteiger partial charge in [0.05, 0.1) is 25.4 Å². The molecule has 7 unspecified atom stereocenters. The number of nitrogens with one attached hydrogen (secondary N) is 1. The zero-order chi connectivity index (χ0) is 43.0. The number of ether oxygens (including phenoxy) is 2. The molecule has 0 aromatic carbocycles. The predicted molar refractivity (Wildman–Crippen MR) is 244 cm³/mol. The summed E-state index contributed by atoms with van der Waals surface area (Å²) in [6.07, 6.45) is 44.4. The first kappa shape index (κ1) is 55.2. The Labute approximate surface area is 361 Å². The Morgan fingerprint density at radius 3 is 1.54 bits per heavy atom. The third-order valence-electron chi connectivity index (χ3n) is 11.4. The molecule has 0 aromatic heterocycles. The van der Waals surface area contributed by atoms with Crippen LogP contribution in [0, 0.1) is 0 Å². The number of carbonyl (C=O) groups is 1. The molecule has 1 saturated heterocycles. The number of amides is 1. The average molecular weight is 834 g/mol. The first-order chi connectivity index (χ1) is 28.8. The highest BCUT2D eigenvalue weighted by atomic mass is 16.7. The maximum Gasteiger partial charge on any atom is 0.220 e. The molecule has 1 aliphatic rings. The largest absolute Gasteiger partial charge is 0.394 e. The van der Waals surface area contributed by atoms with Crippen molar-refractivity contribution in [1.29, 1.82) is 0 Å². The monoisotopic (exact) mass is 834 g/mol. The molecule has 0 bridgehead atoms. The minimum atomic E-state index is -1.57. The van der Waals surface area contributed by atoms with Crippen molar-refractivity contribution in [3.63, 3.8) is 0 Å². The second-order valence-electron chi connectivity index (χ2n) is 16.9. The Morgan fingerprint density at radius 1 is 0.576 bits per heavy atom. The molecule has 0 spiro atoms. The number of hydrogen-bond donors (Lipinski definition) is 6. The Morgan fingerprint density at radius 2 is 1.02 bits per heavy atom. The van der Waals surface area contributed by atoms with Crippen molar-refractivity contribution in [2.75, 3.05) is 13.2 Å². The lowest BCUT2D eigenvalue weighted by Gasteiger charge is -2.40. The fourth-order valence-electron chi connectivity index (χ4n) is 7.44. The minimum absolute atomic E-state index is 0.196. The van der Waals surface area contributed by atoms with Gasteiger partial charge < -0.3 is 40.3 Å². The van der Waals surface area contributed by atoms with Gasteiger partial charge in [0.2, 0.25) is 5.91 Å². The van der Waals surface area contributed by atoms with Gasteiger partial charge in [-0.2, -0.15) is 0 Å². The van der Waals surface area contributed by atoms with E-state index in [1.807, 2.05) is 6.08 Å². The van der Waals surface area contributed by atoms with Gasteiger partial charge in [0.25, 0.3) is 0 Å². The van der Waals surface area contributed by atoms with Crippen LogP contribution in [0.5, 0.6) is 0 Å². The SMILES string of the molecule is CCCCCC/C=C\C/C=C\CCCCCCCCCC(=O)NC(COC1OC(CO)C(O)C(O)C1O)C(O)/C=C/CC/C=C/CCCCCCCCCCCCCC. The topological polar surface area (TPSA) is 149 Å². The van der Waals surface area contributed by atoms with Crippen molar-refractivity contribution in [3.8, 4) is 0 Å². The third kappa shape index (κ3) is 30.8. The van der Waals surface area contributed by atoms with Gasteiger partial charge in [-0.3, -0.25) is 4.79 Å². The van der Waals surface area contributed by atoms with Crippen molar-refractivity contribution < 1.29 is 39.8 Å². The van der Waals surface area contributed by atoms with Crippen molar-refractivity contribution in [2.45, 2.75) is 249 Å². The summed E-state index contributed by atoms with van der Waals surface area (Å²) >= 11 is 0. The number of rotatable bonds is 40. The maximum absolute atomic E-state index is 13.0. The number of hydrogen-bond acceptors (Lipinski definition) is 8. The van der Waals surface area contributed by atoms with Crippen molar-refractivity contribution in [2.24, 2.45) is 0 Å². The molecule has 0 saturated carbocycles. The lowest BCUT2D eigenvalue weighted by atomic mass is 9.99. The van der Waals surface area contributed by atoms with Gasteiger partial charge >= 0.3 is 0 Å². The van der Waals surface area contributed by atoms with Crippen LogP contribution in [0.25, 0.3) is 0 Å². The molecule has 1 amide bonds. The third-order valence-corrected chi connectivity index (χ3v) is 11.4.